The van der Waals surface area contributed by atoms with Crippen LogP contribution in [0.15, 0.2) is 84.0 Å². The van der Waals surface area contributed by atoms with E-state index in [-0.39, 0.29) is 22.2 Å². The molecule has 4 aromatic carbocycles. The van der Waals surface area contributed by atoms with E-state index in [0.717, 1.165) is 10.8 Å². The summed E-state index contributed by atoms with van der Waals surface area (Å²) in [5, 5.41) is 6.44. The lowest BCUT2D eigenvalue weighted by atomic mass is 10.0. The van der Waals surface area contributed by atoms with E-state index in [0.29, 0.717) is 21.9 Å². The van der Waals surface area contributed by atoms with Gasteiger partial charge in [0.2, 0.25) is 0 Å². The number of methoxy groups -OCH3 is 1. The molecule has 0 aliphatic rings. The van der Waals surface area contributed by atoms with Crippen molar-refractivity contribution >= 4 is 52.1 Å². The predicted molar refractivity (Wildman–Crippen MR) is 133 cm³/mol. The summed E-state index contributed by atoms with van der Waals surface area (Å²) in [7, 11) is 1.45. The first-order valence-electron chi connectivity index (χ1n) is 10.1. The Hall–Kier alpha value is -3.87. The molecule has 8 heteroatoms. The van der Waals surface area contributed by atoms with Crippen molar-refractivity contribution in [2.45, 2.75) is 0 Å². The van der Waals surface area contributed by atoms with Crippen molar-refractivity contribution in [1.82, 2.24) is 5.43 Å². The fraction of sp³-hybridized carbons (Fsp3) is 0.0385. The van der Waals surface area contributed by atoms with Crippen molar-refractivity contribution in [2.24, 2.45) is 5.10 Å². The second kappa shape index (κ2) is 10.4. The Labute approximate surface area is 205 Å². The Kier molecular flexibility index (Phi) is 7.11. The maximum Gasteiger partial charge on any atom is 0.345 e. The molecule has 4 aromatic rings. The fourth-order valence-electron chi connectivity index (χ4n) is 3.31. The number of fused-ring (bicyclic) bond motifs is 1. The largest absolute Gasteiger partial charge is 0.493 e. The van der Waals surface area contributed by atoms with E-state index < -0.39 is 5.97 Å². The Bertz CT molecular complexity index is 1410. The first-order chi connectivity index (χ1) is 16.5. The summed E-state index contributed by atoms with van der Waals surface area (Å²) in [5.74, 6) is -0.465. The van der Waals surface area contributed by atoms with Crippen LogP contribution in [0.5, 0.6) is 11.5 Å². The smallest absolute Gasteiger partial charge is 0.345 e. The van der Waals surface area contributed by atoms with E-state index >= 15 is 0 Å². The summed E-state index contributed by atoms with van der Waals surface area (Å²) in [4.78, 5) is 25.1. The number of rotatable bonds is 6. The van der Waals surface area contributed by atoms with Crippen molar-refractivity contribution in [3.05, 3.63) is 106 Å². The molecule has 1 N–H and O–H groups in total. The first-order valence-corrected chi connectivity index (χ1v) is 10.9. The van der Waals surface area contributed by atoms with Gasteiger partial charge < -0.3 is 9.47 Å². The molecule has 0 heterocycles. The van der Waals surface area contributed by atoms with Gasteiger partial charge in [0.1, 0.15) is 0 Å². The number of hydrogen-bond acceptors (Lipinski definition) is 5. The van der Waals surface area contributed by atoms with Crippen LogP contribution in [0, 0.1) is 0 Å². The topological polar surface area (TPSA) is 77.0 Å². The highest BCUT2D eigenvalue weighted by atomic mass is 35.5. The number of nitrogens with one attached hydrogen (secondary N) is 1. The third kappa shape index (κ3) is 5.20. The summed E-state index contributed by atoms with van der Waals surface area (Å²) < 4.78 is 10.8. The van der Waals surface area contributed by atoms with Crippen molar-refractivity contribution in [2.75, 3.05) is 7.11 Å². The Balaban J connectivity index is 1.47. The molecule has 1 amide bonds. The van der Waals surface area contributed by atoms with Crippen LogP contribution in [0.25, 0.3) is 10.8 Å². The van der Waals surface area contributed by atoms with Crippen LogP contribution < -0.4 is 14.9 Å². The molecule has 0 fully saturated rings. The number of halogens is 2. The van der Waals surface area contributed by atoms with Gasteiger partial charge in [0.25, 0.3) is 5.91 Å². The molecule has 6 nitrogen and oxygen atoms in total. The van der Waals surface area contributed by atoms with Crippen molar-refractivity contribution in [3.63, 3.8) is 0 Å². The van der Waals surface area contributed by atoms with Crippen LogP contribution in [0.3, 0.4) is 0 Å². The molecule has 0 atom stereocenters. The summed E-state index contributed by atoms with van der Waals surface area (Å²) in [6, 6.07) is 22.5. The third-order valence-corrected chi connectivity index (χ3v) is 5.50. The van der Waals surface area contributed by atoms with Gasteiger partial charge in [-0.2, -0.15) is 5.10 Å². The number of nitrogens with zero attached hydrogens (tertiary/aromatic N) is 1. The van der Waals surface area contributed by atoms with Gasteiger partial charge >= 0.3 is 5.97 Å². The molecular formula is C26H18Cl2N2O4. The summed E-state index contributed by atoms with van der Waals surface area (Å²) in [5.41, 5.74) is 3.86. The minimum Gasteiger partial charge on any atom is -0.493 e. The summed E-state index contributed by atoms with van der Waals surface area (Å²) in [6.45, 7) is 0. The van der Waals surface area contributed by atoms with Crippen molar-refractivity contribution < 1.29 is 19.1 Å². The zero-order valence-corrected chi connectivity index (χ0v) is 19.4. The second-order valence-electron chi connectivity index (χ2n) is 7.15. The molecule has 0 radical (unpaired) electrons. The van der Waals surface area contributed by atoms with Gasteiger partial charge in [-0.15, -0.1) is 0 Å². The first kappa shape index (κ1) is 23.3. The van der Waals surface area contributed by atoms with E-state index in [4.69, 9.17) is 32.7 Å². The van der Waals surface area contributed by atoms with E-state index in [9.17, 15) is 9.59 Å². The Morgan fingerprint density at radius 3 is 2.47 bits per heavy atom. The van der Waals surface area contributed by atoms with Crippen LogP contribution in [-0.4, -0.2) is 25.2 Å². The number of carbonyl (C=O) groups excluding carboxylic acids is 2. The molecule has 0 aliphatic carbocycles. The molecule has 0 unspecified atom stereocenters. The van der Waals surface area contributed by atoms with E-state index in [1.165, 1.54) is 25.5 Å². The SMILES string of the molecule is COc1cc(/C=N/NC(=O)c2cccc3ccccc23)ccc1OC(=O)c1ccc(Cl)cc1Cl. The molecule has 170 valence electrons. The average molecular weight is 493 g/mol. The second-order valence-corrected chi connectivity index (χ2v) is 7.99. The Morgan fingerprint density at radius 1 is 0.882 bits per heavy atom. The molecule has 0 spiro atoms. The van der Waals surface area contributed by atoms with Crippen LogP contribution in [-0.2, 0) is 0 Å². The Morgan fingerprint density at radius 2 is 1.68 bits per heavy atom. The molecule has 0 aromatic heterocycles. The van der Waals surface area contributed by atoms with Crippen LogP contribution >= 0.6 is 23.2 Å². The van der Waals surface area contributed by atoms with Gasteiger partial charge in [-0.05, 0) is 58.8 Å². The van der Waals surface area contributed by atoms with Crippen LogP contribution in [0.1, 0.15) is 26.3 Å². The third-order valence-electron chi connectivity index (χ3n) is 4.96. The number of hydrogen-bond donors (Lipinski definition) is 1. The fourth-order valence-corrected chi connectivity index (χ4v) is 3.79. The standard InChI is InChI=1S/C26H18Cl2N2O4/c1-33-24-13-16(9-12-23(24)34-26(32)21-11-10-18(27)14-22(21)28)15-29-30-25(31)20-8-4-6-17-5-2-3-7-19(17)20/h2-15H,1H3,(H,30,31)/b29-15+. The molecule has 4 rings (SSSR count). The summed E-state index contributed by atoms with van der Waals surface area (Å²) in [6.07, 6.45) is 1.47. The molecule has 0 saturated heterocycles. The average Bonchev–Trinajstić information content (AvgIpc) is 2.84. The predicted octanol–water partition coefficient (Wildman–Crippen LogP) is 6.14. The lowest BCUT2D eigenvalue weighted by molar-refractivity contribution is 0.0729. The highest BCUT2D eigenvalue weighted by Crippen LogP contribution is 2.30. The van der Waals surface area contributed by atoms with Gasteiger partial charge in [0.05, 0.1) is 23.9 Å². The van der Waals surface area contributed by atoms with E-state index in [2.05, 4.69) is 10.5 Å². The van der Waals surface area contributed by atoms with Crippen molar-refractivity contribution in [3.8, 4) is 11.5 Å². The number of ether oxygens (including phenoxy) is 2. The summed E-state index contributed by atoms with van der Waals surface area (Å²) >= 11 is 12.0. The van der Waals surface area contributed by atoms with Crippen LogP contribution in [0.2, 0.25) is 10.0 Å². The maximum atomic E-state index is 12.6. The van der Waals surface area contributed by atoms with Gasteiger partial charge in [-0.1, -0.05) is 59.6 Å². The number of hydrazone groups is 1. The molecule has 0 saturated carbocycles. The van der Waals surface area contributed by atoms with Gasteiger partial charge in [-0.3, -0.25) is 4.79 Å². The number of esters is 1. The monoisotopic (exact) mass is 492 g/mol. The van der Waals surface area contributed by atoms with E-state index in [1.54, 1.807) is 30.3 Å². The van der Waals surface area contributed by atoms with Crippen molar-refractivity contribution in [1.29, 1.82) is 0 Å². The number of amides is 1. The minimum atomic E-state index is -0.649. The maximum absolute atomic E-state index is 12.6. The normalized spacial score (nSPS) is 10.9. The zero-order valence-electron chi connectivity index (χ0n) is 17.9. The number of benzene rings is 4. The van der Waals surface area contributed by atoms with Gasteiger partial charge in [-0.25, -0.2) is 10.2 Å². The van der Waals surface area contributed by atoms with Gasteiger partial charge in [0.15, 0.2) is 11.5 Å². The quantitative estimate of drug-likeness (QED) is 0.152. The minimum absolute atomic E-state index is 0.176. The molecule has 34 heavy (non-hydrogen) atoms. The number of carbonyl (C=O) groups is 2. The molecular weight excluding hydrogens is 475 g/mol. The van der Waals surface area contributed by atoms with Gasteiger partial charge in [0, 0.05) is 10.6 Å². The highest BCUT2D eigenvalue weighted by molar-refractivity contribution is 6.36. The highest BCUT2D eigenvalue weighted by Gasteiger charge is 2.16. The molecule has 0 aliphatic heterocycles. The zero-order chi connectivity index (χ0) is 24.1. The van der Waals surface area contributed by atoms with Crippen LogP contribution in [0.4, 0.5) is 0 Å². The van der Waals surface area contributed by atoms with E-state index in [1.807, 2.05) is 36.4 Å². The molecule has 0 bridgehead atoms. The lowest BCUT2D eigenvalue weighted by Crippen LogP contribution is -2.17. The lowest BCUT2D eigenvalue weighted by Gasteiger charge is -2.10.